The lowest BCUT2D eigenvalue weighted by Crippen LogP contribution is -2.50. The molecule has 4 aliphatic rings. The van der Waals surface area contributed by atoms with Gasteiger partial charge in [-0.1, -0.05) is 0 Å². The molecule has 4 bridgehead atoms. The van der Waals surface area contributed by atoms with E-state index in [1.165, 1.54) is 17.0 Å². The smallest absolute Gasteiger partial charge is 0.475 e. The zero-order valence-electron chi connectivity index (χ0n) is 20.7. The summed E-state index contributed by atoms with van der Waals surface area (Å²) in [6.07, 6.45) is -1.17. The van der Waals surface area contributed by atoms with Gasteiger partial charge in [0.15, 0.2) is 5.75 Å². The second kappa shape index (κ2) is 11.2. The van der Waals surface area contributed by atoms with E-state index < -0.39 is 40.3 Å². The summed E-state index contributed by atoms with van der Waals surface area (Å²) in [5.74, 6) is -0.765. The molecule has 0 radical (unpaired) electrons. The van der Waals surface area contributed by atoms with E-state index in [-0.39, 0.29) is 50.2 Å². The van der Waals surface area contributed by atoms with Gasteiger partial charge in [0.2, 0.25) is 10.0 Å². The first-order chi connectivity index (χ1) is 17.4. The fraction of sp³-hybridized carbons (Fsp3) is 0.739. The number of hydrogen-bond acceptors (Lipinski definition) is 8. The van der Waals surface area contributed by atoms with Crippen LogP contribution in [0.4, 0.5) is 18.0 Å². The Labute approximate surface area is 213 Å². The van der Waals surface area contributed by atoms with Crippen LogP contribution in [0.25, 0.3) is 0 Å². The van der Waals surface area contributed by atoms with E-state index in [0.29, 0.717) is 37.8 Å². The van der Waals surface area contributed by atoms with Crippen molar-refractivity contribution >= 4 is 16.1 Å². The molecule has 1 saturated heterocycles. The van der Waals surface area contributed by atoms with Crippen LogP contribution in [-0.4, -0.2) is 81.1 Å². The Balaban J connectivity index is 1.54. The van der Waals surface area contributed by atoms with Crippen LogP contribution in [0.3, 0.4) is 0 Å². The Kier molecular flexibility index (Phi) is 8.38. The van der Waals surface area contributed by atoms with E-state index in [9.17, 15) is 26.4 Å². The Bertz CT molecular complexity index is 1060. The highest BCUT2D eigenvalue weighted by Gasteiger charge is 2.44. The van der Waals surface area contributed by atoms with Gasteiger partial charge in [0.05, 0.1) is 38.2 Å². The minimum Gasteiger partial charge on any atom is -0.475 e. The van der Waals surface area contributed by atoms with Gasteiger partial charge in [-0.2, -0.15) is 0 Å². The molecule has 0 spiro atoms. The molecule has 4 heterocycles. The van der Waals surface area contributed by atoms with Crippen LogP contribution < -0.4 is 14.2 Å². The van der Waals surface area contributed by atoms with Crippen LogP contribution >= 0.6 is 0 Å². The molecule has 1 aromatic rings. The van der Waals surface area contributed by atoms with Gasteiger partial charge in [-0.3, -0.25) is 4.90 Å². The van der Waals surface area contributed by atoms with Crippen molar-refractivity contribution in [2.45, 2.75) is 82.0 Å². The topological polar surface area (TPSA) is 116 Å². The van der Waals surface area contributed by atoms with Crippen LogP contribution in [0.1, 0.15) is 57.1 Å². The molecule has 1 aromatic heterocycles. The molecule has 1 N–H and O–H groups in total. The number of amides is 1. The molecular formula is C23H32F3N3O7S. The molecule has 10 nitrogen and oxygen atoms in total. The lowest BCUT2D eigenvalue weighted by atomic mass is 9.85. The van der Waals surface area contributed by atoms with E-state index in [1.54, 1.807) is 0 Å². The predicted octanol–water partition coefficient (Wildman–Crippen LogP) is 3.32. The summed E-state index contributed by atoms with van der Waals surface area (Å²) in [4.78, 5) is 18.8. The number of carbonyl (C=O) groups is 1. The number of pyridine rings is 1. The van der Waals surface area contributed by atoms with Crippen molar-refractivity contribution < 1.29 is 45.3 Å². The number of alkyl halides is 3. The van der Waals surface area contributed by atoms with Gasteiger partial charge in [0.1, 0.15) is 0 Å². The highest BCUT2D eigenvalue weighted by Crippen LogP contribution is 2.38. The second-order valence-corrected chi connectivity index (χ2v) is 11.5. The molecule has 14 heteroatoms. The fourth-order valence-electron chi connectivity index (χ4n) is 5.27. The first-order valence-electron chi connectivity index (χ1n) is 12.3. The Morgan fingerprint density at radius 2 is 1.84 bits per heavy atom. The van der Waals surface area contributed by atoms with Crippen molar-refractivity contribution in [3.8, 4) is 11.6 Å². The lowest BCUT2D eigenvalue weighted by Gasteiger charge is -2.33. The van der Waals surface area contributed by atoms with Crippen LogP contribution in [-0.2, 0) is 19.5 Å². The molecule has 1 amide bonds. The predicted molar refractivity (Wildman–Crippen MR) is 125 cm³/mol. The van der Waals surface area contributed by atoms with E-state index in [4.69, 9.17) is 14.2 Å². The third kappa shape index (κ3) is 7.38. The number of rotatable bonds is 3. The lowest BCUT2D eigenvalue weighted by molar-refractivity contribution is -0.275. The average Bonchev–Trinajstić information content (AvgIpc) is 3.10. The van der Waals surface area contributed by atoms with Gasteiger partial charge in [0.25, 0.3) is 5.88 Å². The fourth-order valence-corrected chi connectivity index (χ4v) is 6.07. The Hall–Kier alpha value is -2.32. The normalized spacial score (nSPS) is 29.7. The first kappa shape index (κ1) is 27.7. The molecule has 37 heavy (non-hydrogen) atoms. The zero-order chi connectivity index (χ0) is 26.8. The van der Waals surface area contributed by atoms with E-state index in [2.05, 4.69) is 14.4 Å². The summed E-state index contributed by atoms with van der Waals surface area (Å²) in [5.41, 5.74) is 0.618. The van der Waals surface area contributed by atoms with Gasteiger partial charge in [-0.05, 0) is 51.2 Å². The summed E-state index contributed by atoms with van der Waals surface area (Å²) in [7, 11) is -3.51. The highest BCUT2D eigenvalue weighted by atomic mass is 32.2. The standard InChI is InChI=1S/C23H32F3N3O7S/c1-14-12-18(28-37(2,31)32)19-13-35-16-6-4-15(5-7-16)17-8-9-20(36-23(24,25)26)21(27-17)33-10-3-11-34-22(30)29(14)19/h8-9,14-16,18-19,28H,3-7,10-13H2,1-2H3. The van der Waals surface area contributed by atoms with Crippen LogP contribution in [0, 0.1) is 0 Å². The van der Waals surface area contributed by atoms with Crippen molar-refractivity contribution in [2.75, 3.05) is 26.1 Å². The van der Waals surface area contributed by atoms with Crippen molar-refractivity contribution in [2.24, 2.45) is 0 Å². The van der Waals surface area contributed by atoms with Gasteiger partial charge in [-0.15, -0.1) is 13.2 Å². The zero-order valence-corrected chi connectivity index (χ0v) is 21.5. The Morgan fingerprint density at radius 3 is 2.51 bits per heavy atom. The van der Waals surface area contributed by atoms with Gasteiger partial charge in [0, 0.05) is 30.1 Å². The molecule has 208 valence electrons. The minimum atomic E-state index is -4.89. The van der Waals surface area contributed by atoms with E-state index >= 15 is 0 Å². The van der Waals surface area contributed by atoms with Crippen LogP contribution in [0.15, 0.2) is 12.1 Å². The molecular weight excluding hydrogens is 519 g/mol. The van der Waals surface area contributed by atoms with Crippen LogP contribution in [0.5, 0.6) is 11.6 Å². The second-order valence-electron chi connectivity index (χ2n) is 9.77. The van der Waals surface area contributed by atoms with Gasteiger partial charge < -0.3 is 18.9 Å². The molecule has 1 aliphatic carbocycles. The molecule has 1 saturated carbocycles. The summed E-state index contributed by atoms with van der Waals surface area (Å²) in [6.45, 7) is 1.86. The maximum Gasteiger partial charge on any atom is 0.573 e. The number of hydrogen-bond donors (Lipinski definition) is 1. The van der Waals surface area contributed by atoms with Crippen molar-refractivity contribution in [1.82, 2.24) is 14.6 Å². The third-order valence-electron chi connectivity index (χ3n) is 6.89. The molecule has 3 unspecified atom stereocenters. The first-order valence-corrected chi connectivity index (χ1v) is 14.2. The largest absolute Gasteiger partial charge is 0.573 e. The SMILES string of the molecule is CC1CC(NS(C)(=O)=O)C2COC3CCC(CC3)c3ccc(OC(F)(F)F)c(n3)OCCCOC(=O)N12. The molecule has 2 fully saturated rings. The number of carbonyl (C=O) groups excluding carboxylic acids is 1. The maximum atomic E-state index is 13.0. The number of fused-ring (bicyclic) bond motifs is 8. The van der Waals surface area contributed by atoms with Crippen molar-refractivity contribution in [3.05, 3.63) is 17.8 Å². The summed E-state index contributed by atoms with van der Waals surface area (Å²) in [5, 5.41) is 0. The van der Waals surface area contributed by atoms with Gasteiger partial charge in [-0.25, -0.2) is 22.9 Å². The molecule has 5 rings (SSSR count). The monoisotopic (exact) mass is 551 g/mol. The third-order valence-corrected chi connectivity index (χ3v) is 7.62. The van der Waals surface area contributed by atoms with E-state index in [0.717, 1.165) is 6.26 Å². The summed E-state index contributed by atoms with van der Waals surface area (Å²) in [6, 6.07) is 1.39. The van der Waals surface area contributed by atoms with Crippen LogP contribution in [0.2, 0.25) is 0 Å². The number of halogens is 3. The Morgan fingerprint density at radius 1 is 1.14 bits per heavy atom. The molecule has 3 atom stereocenters. The van der Waals surface area contributed by atoms with Crippen molar-refractivity contribution in [1.29, 1.82) is 0 Å². The molecule has 0 aromatic carbocycles. The summed E-state index contributed by atoms with van der Waals surface area (Å²) >= 11 is 0. The van der Waals surface area contributed by atoms with E-state index in [1.807, 2.05) is 6.92 Å². The number of sulfonamides is 1. The molecule has 3 aliphatic heterocycles. The quantitative estimate of drug-likeness (QED) is 0.608. The highest BCUT2D eigenvalue weighted by molar-refractivity contribution is 7.88. The van der Waals surface area contributed by atoms with Gasteiger partial charge >= 0.3 is 12.5 Å². The maximum absolute atomic E-state index is 13.0. The number of aromatic nitrogens is 1. The number of nitrogens with zero attached hydrogens (tertiary/aromatic N) is 2. The minimum absolute atomic E-state index is 0.0189. The number of nitrogens with one attached hydrogen (secondary N) is 1. The summed E-state index contributed by atoms with van der Waals surface area (Å²) < 4.78 is 86.3. The number of ether oxygens (including phenoxy) is 4. The van der Waals surface area contributed by atoms with Crippen molar-refractivity contribution in [3.63, 3.8) is 0 Å². The average molecular weight is 552 g/mol.